The van der Waals surface area contributed by atoms with Gasteiger partial charge in [-0.25, -0.2) is 0 Å². The van der Waals surface area contributed by atoms with Gasteiger partial charge < -0.3 is 4.74 Å². The first-order valence-corrected chi connectivity index (χ1v) is 3.26. The summed E-state index contributed by atoms with van der Waals surface area (Å²) in [5, 5.41) is 0. The highest BCUT2D eigenvalue weighted by atomic mass is 16.5. The van der Waals surface area contributed by atoms with Crippen LogP contribution in [-0.2, 0) is 19.1 Å². The van der Waals surface area contributed by atoms with E-state index in [9.17, 15) is 14.4 Å². The second kappa shape index (κ2) is 3.13. The summed E-state index contributed by atoms with van der Waals surface area (Å²) in [6, 6.07) is 0. The highest BCUT2D eigenvalue weighted by molar-refractivity contribution is 6.47. The molecule has 62 valence electrons. The smallest absolute Gasteiger partial charge is 0.308 e. The van der Waals surface area contributed by atoms with Crippen molar-refractivity contribution in [3.05, 3.63) is 24.0 Å². The molecule has 0 heterocycles. The van der Waals surface area contributed by atoms with Crippen LogP contribution in [0.4, 0.5) is 0 Å². The largest absolute Gasteiger partial charge is 0.422 e. The first-order valence-electron chi connectivity index (χ1n) is 3.26. The molecule has 0 aliphatic heterocycles. The van der Waals surface area contributed by atoms with Gasteiger partial charge in [0.15, 0.2) is 5.76 Å². The second-order valence-electron chi connectivity index (χ2n) is 2.18. The molecule has 0 aromatic heterocycles. The third-order valence-electron chi connectivity index (χ3n) is 1.20. The van der Waals surface area contributed by atoms with Gasteiger partial charge in [0.1, 0.15) is 0 Å². The SMILES string of the molecule is CC(=O)OC1=CC=CC(=O)C1=O. The highest BCUT2D eigenvalue weighted by Crippen LogP contribution is 2.06. The Balaban J connectivity index is 2.83. The van der Waals surface area contributed by atoms with E-state index in [4.69, 9.17) is 0 Å². The molecule has 0 spiro atoms. The number of Topliss-reactive ketones (excluding diaryl/α,β-unsaturated/α-hetero) is 1. The van der Waals surface area contributed by atoms with E-state index in [2.05, 4.69) is 4.74 Å². The minimum absolute atomic E-state index is 0.213. The number of hydrogen-bond donors (Lipinski definition) is 0. The van der Waals surface area contributed by atoms with Crippen LogP contribution in [0, 0.1) is 0 Å². The monoisotopic (exact) mass is 166 g/mol. The van der Waals surface area contributed by atoms with Crippen LogP contribution in [0.5, 0.6) is 0 Å². The van der Waals surface area contributed by atoms with Gasteiger partial charge in [0.2, 0.25) is 5.78 Å². The Hall–Kier alpha value is -1.71. The summed E-state index contributed by atoms with van der Waals surface area (Å²) in [5.74, 6) is -2.28. The first-order chi connectivity index (χ1) is 5.61. The third kappa shape index (κ3) is 1.66. The van der Waals surface area contributed by atoms with Crippen molar-refractivity contribution in [2.75, 3.05) is 0 Å². The summed E-state index contributed by atoms with van der Waals surface area (Å²) in [6.07, 6.45) is 3.77. The zero-order valence-electron chi connectivity index (χ0n) is 6.37. The van der Waals surface area contributed by atoms with Gasteiger partial charge in [0, 0.05) is 6.92 Å². The Bertz CT molecular complexity index is 309. The normalized spacial score (nSPS) is 15.9. The van der Waals surface area contributed by atoms with Gasteiger partial charge in [-0.3, -0.25) is 14.4 Å². The zero-order chi connectivity index (χ0) is 9.14. The van der Waals surface area contributed by atoms with Crippen molar-refractivity contribution in [2.24, 2.45) is 0 Å². The number of hydrogen-bond acceptors (Lipinski definition) is 4. The summed E-state index contributed by atoms with van der Waals surface area (Å²) in [4.78, 5) is 32.0. The average molecular weight is 166 g/mol. The molecule has 1 aliphatic rings. The van der Waals surface area contributed by atoms with Crippen molar-refractivity contribution in [1.29, 1.82) is 0 Å². The summed E-state index contributed by atoms with van der Waals surface area (Å²) >= 11 is 0. The number of carbonyl (C=O) groups is 3. The summed E-state index contributed by atoms with van der Waals surface area (Å²) in [7, 11) is 0. The first kappa shape index (κ1) is 8.39. The molecule has 0 unspecified atom stereocenters. The van der Waals surface area contributed by atoms with E-state index in [-0.39, 0.29) is 5.76 Å². The summed E-state index contributed by atoms with van der Waals surface area (Å²) < 4.78 is 4.47. The third-order valence-corrected chi connectivity index (χ3v) is 1.20. The molecule has 0 saturated heterocycles. The van der Waals surface area contributed by atoms with Crippen LogP contribution in [0.2, 0.25) is 0 Å². The number of esters is 1. The number of carbonyl (C=O) groups excluding carboxylic acids is 3. The number of ketones is 2. The number of allylic oxidation sites excluding steroid dienone is 4. The topological polar surface area (TPSA) is 60.4 Å². The fourth-order valence-electron chi connectivity index (χ4n) is 0.731. The van der Waals surface area contributed by atoms with Crippen LogP contribution in [0.25, 0.3) is 0 Å². The maximum Gasteiger partial charge on any atom is 0.308 e. The van der Waals surface area contributed by atoms with E-state index in [1.165, 1.54) is 12.2 Å². The molecule has 1 aliphatic carbocycles. The molecule has 12 heavy (non-hydrogen) atoms. The predicted octanol–water partition coefficient (Wildman–Crippen LogP) is 0.141. The van der Waals surface area contributed by atoms with Gasteiger partial charge in [-0.05, 0) is 12.2 Å². The lowest BCUT2D eigenvalue weighted by Gasteiger charge is -2.04. The molecule has 0 amide bonds. The van der Waals surface area contributed by atoms with Crippen LogP contribution in [-0.4, -0.2) is 17.5 Å². The average Bonchev–Trinajstić information content (AvgIpc) is 1.98. The molecule has 0 atom stereocenters. The molecule has 4 heteroatoms. The Morgan fingerprint density at radius 1 is 1.42 bits per heavy atom. The quantitative estimate of drug-likeness (QED) is 0.316. The predicted molar refractivity (Wildman–Crippen MR) is 39.0 cm³/mol. The Kier molecular flexibility index (Phi) is 2.19. The van der Waals surface area contributed by atoms with Crippen LogP contribution >= 0.6 is 0 Å². The molecule has 0 aromatic carbocycles. The van der Waals surface area contributed by atoms with Crippen molar-refractivity contribution in [3.8, 4) is 0 Å². The maximum atomic E-state index is 10.9. The highest BCUT2D eigenvalue weighted by Gasteiger charge is 2.21. The maximum absolute atomic E-state index is 10.9. The fraction of sp³-hybridized carbons (Fsp3) is 0.125. The van der Waals surface area contributed by atoms with Gasteiger partial charge in [-0.15, -0.1) is 0 Å². The van der Waals surface area contributed by atoms with Crippen LogP contribution in [0.3, 0.4) is 0 Å². The van der Waals surface area contributed by atoms with Gasteiger partial charge >= 0.3 is 5.97 Å². The summed E-state index contributed by atoms with van der Waals surface area (Å²) in [5.41, 5.74) is 0. The van der Waals surface area contributed by atoms with Crippen LogP contribution in [0.1, 0.15) is 6.92 Å². The van der Waals surface area contributed by atoms with Crippen molar-refractivity contribution < 1.29 is 19.1 Å². The zero-order valence-corrected chi connectivity index (χ0v) is 6.37. The minimum atomic E-state index is -0.785. The van der Waals surface area contributed by atoms with E-state index in [0.717, 1.165) is 13.0 Å². The lowest BCUT2D eigenvalue weighted by molar-refractivity contribution is -0.142. The van der Waals surface area contributed by atoms with Crippen LogP contribution < -0.4 is 0 Å². The van der Waals surface area contributed by atoms with Gasteiger partial charge in [-0.2, -0.15) is 0 Å². The molecular weight excluding hydrogens is 160 g/mol. The Labute approximate surface area is 68.5 Å². The molecule has 4 nitrogen and oxygen atoms in total. The van der Waals surface area contributed by atoms with Crippen molar-refractivity contribution in [1.82, 2.24) is 0 Å². The Morgan fingerprint density at radius 3 is 2.67 bits per heavy atom. The molecule has 0 radical (unpaired) electrons. The molecule has 0 N–H and O–H groups in total. The second-order valence-corrected chi connectivity index (χ2v) is 2.18. The van der Waals surface area contributed by atoms with Gasteiger partial charge in [0.05, 0.1) is 0 Å². The van der Waals surface area contributed by atoms with E-state index < -0.39 is 17.5 Å². The van der Waals surface area contributed by atoms with Crippen molar-refractivity contribution in [2.45, 2.75) is 6.92 Å². The lowest BCUT2D eigenvalue weighted by Crippen LogP contribution is -2.19. The molecule has 0 aromatic rings. The number of ether oxygens (including phenoxy) is 1. The fourth-order valence-corrected chi connectivity index (χ4v) is 0.731. The Morgan fingerprint density at radius 2 is 2.08 bits per heavy atom. The lowest BCUT2D eigenvalue weighted by atomic mass is 10.1. The van der Waals surface area contributed by atoms with Crippen LogP contribution in [0.15, 0.2) is 24.0 Å². The van der Waals surface area contributed by atoms with E-state index in [0.29, 0.717) is 0 Å². The summed E-state index contributed by atoms with van der Waals surface area (Å²) in [6.45, 7) is 1.16. The number of rotatable bonds is 1. The van der Waals surface area contributed by atoms with E-state index in [1.54, 1.807) is 0 Å². The van der Waals surface area contributed by atoms with E-state index >= 15 is 0 Å². The molecule has 0 fully saturated rings. The molecule has 0 saturated carbocycles. The molecule has 1 rings (SSSR count). The van der Waals surface area contributed by atoms with Gasteiger partial charge in [-0.1, -0.05) is 6.08 Å². The van der Waals surface area contributed by atoms with Crippen molar-refractivity contribution >= 4 is 17.5 Å². The standard InChI is InChI=1S/C8H6O4/c1-5(9)12-7-4-2-3-6(10)8(7)11/h2-4H,1H3. The molecule has 0 bridgehead atoms. The van der Waals surface area contributed by atoms with Gasteiger partial charge in [0.25, 0.3) is 5.78 Å². The van der Waals surface area contributed by atoms with Crippen molar-refractivity contribution in [3.63, 3.8) is 0 Å². The van der Waals surface area contributed by atoms with E-state index in [1.807, 2.05) is 0 Å². The molecular formula is C8H6O4. The minimum Gasteiger partial charge on any atom is -0.422 e.